The van der Waals surface area contributed by atoms with Gasteiger partial charge in [0, 0.05) is 22.6 Å². The largest absolute Gasteiger partial charge is 0.487 e. The lowest BCUT2D eigenvalue weighted by Gasteiger charge is -2.07. The summed E-state index contributed by atoms with van der Waals surface area (Å²) in [5, 5.41) is 0. The summed E-state index contributed by atoms with van der Waals surface area (Å²) in [6.45, 7) is 1.99. The Balaban J connectivity index is 1.57. The molecule has 2 aromatic heterocycles. The Morgan fingerprint density at radius 2 is 2.03 bits per heavy atom. The molecular formula is C19H19FN2O5S2. The third kappa shape index (κ3) is 4.19. The highest BCUT2D eigenvalue weighted by Gasteiger charge is 2.44. The fraction of sp³-hybridized carbons (Fsp3) is 0.368. The maximum absolute atomic E-state index is 13.0. The fourth-order valence-electron chi connectivity index (χ4n) is 3.43. The third-order valence-electron chi connectivity index (χ3n) is 4.93. The van der Waals surface area contributed by atoms with Crippen LogP contribution in [-0.2, 0) is 20.9 Å². The number of thiazole rings is 1. The second-order valence-corrected chi connectivity index (χ2v) is 9.95. The summed E-state index contributed by atoms with van der Waals surface area (Å²) in [6.07, 6.45) is 0.692. The predicted molar refractivity (Wildman–Crippen MR) is 106 cm³/mol. The standard InChI is InChI=1S/C19H19FN2O5S2/c1-11-18(16-7-12(16)10-29(24,25)26-2)22-17(23)8-14(21-19(22)28-11)9-27-15-5-3-13(20)4-6-15/h3-6,8,12,16H,7,9-10H2,1-2H3. The Bertz CT molecular complexity index is 1220. The lowest BCUT2D eigenvalue weighted by atomic mass is 10.2. The minimum absolute atomic E-state index is 0.00510. The number of aryl methyl sites for hydroxylation is 1. The van der Waals surface area contributed by atoms with Gasteiger partial charge in [0.1, 0.15) is 18.2 Å². The Kier molecular flexibility index (Phi) is 5.18. The van der Waals surface area contributed by atoms with Gasteiger partial charge in [-0.15, -0.1) is 11.3 Å². The average molecular weight is 439 g/mol. The topological polar surface area (TPSA) is 87.0 Å². The van der Waals surface area contributed by atoms with Crippen LogP contribution in [0.25, 0.3) is 4.96 Å². The zero-order chi connectivity index (χ0) is 20.8. The van der Waals surface area contributed by atoms with Crippen molar-refractivity contribution >= 4 is 26.4 Å². The van der Waals surface area contributed by atoms with Crippen molar-refractivity contribution in [2.75, 3.05) is 12.9 Å². The Hall–Kier alpha value is -2.30. The smallest absolute Gasteiger partial charge is 0.267 e. The first-order chi connectivity index (χ1) is 13.8. The number of fused-ring (bicyclic) bond motifs is 1. The van der Waals surface area contributed by atoms with Gasteiger partial charge in [-0.1, -0.05) is 0 Å². The fourth-order valence-corrected chi connectivity index (χ4v) is 5.52. The summed E-state index contributed by atoms with van der Waals surface area (Å²) in [4.78, 5) is 18.7. The van der Waals surface area contributed by atoms with E-state index in [1.807, 2.05) is 6.92 Å². The monoisotopic (exact) mass is 438 g/mol. The molecule has 1 aromatic carbocycles. The molecular weight excluding hydrogens is 419 g/mol. The van der Waals surface area contributed by atoms with Crippen molar-refractivity contribution in [2.45, 2.75) is 25.9 Å². The molecule has 4 rings (SSSR count). The maximum atomic E-state index is 13.0. The maximum Gasteiger partial charge on any atom is 0.267 e. The number of aromatic nitrogens is 2. The van der Waals surface area contributed by atoms with Gasteiger partial charge in [0.05, 0.1) is 18.6 Å². The van der Waals surface area contributed by atoms with Crippen molar-refractivity contribution in [3.05, 3.63) is 62.8 Å². The van der Waals surface area contributed by atoms with E-state index in [9.17, 15) is 17.6 Å². The van der Waals surface area contributed by atoms with E-state index < -0.39 is 10.1 Å². The number of rotatable bonds is 7. The summed E-state index contributed by atoms with van der Waals surface area (Å²) in [6, 6.07) is 7.03. The first-order valence-corrected chi connectivity index (χ1v) is 11.4. The molecule has 0 bridgehead atoms. The van der Waals surface area contributed by atoms with Gasteiger partial charge < -0.3 is 4.74 Å². The van der Waals surface area contributed by atoms with Crippen LogP contribution in [0, 0.1) is 18.7 Å². The lowest BCUT2D eigenvalue weighted by Crippen LogP contribution is -2.18. The summed E-state index contributed by atoms with van der Waals surface area (Å²) in [7, 11) is -2.38. The zero-order valence-corrected chi connectivity index (χ0v) is 17.4. The molecule has 2 unspecified atom stereocenters. The van der Waals surface area contributed by atoms with E-state index in [0.717, 1.165) is 17.7 Å². The van der Waals surface area contributed by atoms with E-state index in [2.05, 4.69) is 9.17 Å². The second kappa shape index (κ2) is 7.51. The summed E-state index contributed by atoms with van der Waals surface area (Å²) in [5.41, 5.74) is 1.07. The molecule has 0 radical (unpaired) electrons. The normalized spacial score (nSPS) is 18.9. The first kappa shape index (κ1) is 20.0. The average Bonchev–Trinajstić information content (AvgIpc) is 3.32. The molecule has 0 saturated heterocycles. The van der Waals surface area contributed by atoms with Crippen LogP contribution in [0.3, 0.4) is 0 Å². The number of halogens is 1. The van der Waals surface area contributed by atoms with Gasteiger partial charge in [-0.25, -0.2) is 9.37 Å². The van der Waals surface area contributed by atoms with E-state index in [4.69, 9.17) is 4.74 Å². The highest BCUT2D eigenvalue weighted by atomic mass is 32.2. The summed E-state index contributed by atoms with van der Waals surface area (Å²) in [5.74, 6) is 0.000780. The minimum Gasteiger partial charge on any atom is -0.487 e. The van der Waals surface area contributed by atoms with Gasteiger partial charge in [-0.3, -0.25) is 13.4 Å². The van der Waals surface area contributed by atoms with Crippen LogP contribution in [0.4, 0.5) is 4.39 Å². The molecule has 10 heteroatoms. The van der Waals surface area contributed by atoms with Crippen LogP contribution in [0.15, 0.2) is 35.1 Å². The molecule has 1 aliphatic carbocycles. The molecule has 0 amide bonds. The molecule has 0 aliphatic heterocycles. The molecule has 1 saturated carbocycles. The highest BCUT2D eigenvalue weighted by molar-refractivity contribution is 7.86. The number of nitrogens with zero attached hydrogens (tertiary/aromatic N) is 2. The van der Waals surface area contributed by atoms with Crippen LogP contribution in [0.1, 0.15) is 28.6 Å². The molecule has 2 heterocycles. The van der Waals surface area contributed by atoms with Crippen LogP contribution in [-0.4, -0.2) is 30.7 Å². The van der Waals surface area contributed by atoms with Crippen molar-refractivity contribution < 1.29 is 21.7 Å². The van der Waals surface area contributed by atoms with Gasteiger partial charge in [0.2, 0.25) is 0 Å². The molecule has 0 N–H and O–H groups in total. The third-order valence-corrected chi connectivity index (χ3v) is 7.25. The van der Waals surface area contributed by atoms with E-state index in [0.29, 0.717) is 22.8 Å². The molecule has 1 fully saturated rings. The molecule has 7 nitrogen and oxygen atoms in total. The van der Waals surface area contributed by atoms with E-state index in [1.54, 1.807) is 4.40 Å². The van der Waals surface area contributed by atoms with Gasteiger partial charge in [-0.05, 0) is 43.5 Å². The predicted octanol–water partition coefficient (Wildman–Crippen LogP) is 2.86. The SMILES string of the molecule is COS(=O)(=O)CC1CC1c1c(C)sc2nc(COc3ccc(F)cc3)cc(=O)n12. The molecule has 29 heavy (non-hydrogen) atoms. The van der Waals surface area contributed by atoms with Crippen molar-refractivity contribution in [2.24, 2.45) is 5.92 Å². The summed E-state index contributed by atoms with van der Waals surface area (Å²) >= 11 is 1.39. The Morgan fingerprint density at radius 1 is 1.31 bits per heavy atom. The number of ether oxygens (including phenoxy) is 1. The van der Waals surface area contributed by atoms with Crippen molar-refractivity contribution in [3.63, 3.8) is 0 Å². The van der Waals surface area contributed by atoms with Gasteiger partial charge in [0.15, 0.2) is 4.96 Å². The molecule has 1 aliphatic rings. The van der Waals surface area contributed by atoms with Crippen molar-refractivity contribution in [1.82, 2.24) is 9.38 Å². The van der Waals surface area contributed by atoms with E-state index in [-0.39, 0.29) is 35.6 Å². The van der Waals surface area contributed by atoms with Gasteiger partial charge in [-0.2, -0.15) is 8.42 Å². The molecule has 2 atom stereocenters. The number of hydrogen-bond donors (Lipinski definition) is 0. The minimum atomic E-state index is -3.54. The number of hydrogen-bond acceptors (Lipinski definition) is 7. The molecule has 0 spiro atoms. The van der Waals surface area contributed by atoms with Gasteiger partial charge in [0.25, 0.3) is 15.7 Å². The van der Waals surface area contributed by atoms with Gasteiger partial charge >= 0.3 is 0 Å². The summed E-state index contributed by atoms with van der Waals surface area (Å²) < 4.78 is 48.1. The van der Waals surface area contributed by atoms with Crippen LogP contribution in [0.2, 0.25) is 0 Å². The number of benzene rings is 1. The van der Waals surface area contributed by atoms with E-state index in [1.165, 1.54) is 41.7 Å². The first-order valence-electron chi connectivity index (χ1n) is 8.96. The Labute approximate surface area is 170 Å². The van der Waals surface area contributed by atoms with Crippen LogP contribution >= 0.6 is 11.3 Å². The van der Waals surface area contributed by atoms with E-state index >= 15 is 0 Å². The van der Waals surface area contributed by atoms with Crippen LogP contribution in [0.5, 0.6) is 5.75 Å². The Morgan fingerprint density at radius 3 is 2.72 bits per heavy atom. The highest BCUT2D eigenvalue weighted by Crippen LogP contribution is 2.50. The zero-order valence-electron chi connectivity index (χ0n) is 15.8. The van der Waals surface area contributed by atoms with Crippen molar-refractivity contribution in [1.29, 1.82) is 0 Å². The lowest BCUT2D eigenvalue weighted by molar-refractivity contribution is 0.301. The van der Waals surface area contributed by atoms with Crippen LogP contribution < -0.4 is 10.3 Å². The molecule has 3 aromatic rings. The molecule has 154 valence electrons. The quantitative estimate of drug-likeness (QED) is 0.527. The second-order valence-electron chi connectivity index (χ2n) is 6.98. The van der Waals surface area contributed by atoms with Crippen molar-refractivity contribution in [3.8, 4) is 5.75 Å².